The summed E-state index contributed by atoms with van der Waals surface area (Å²) < 4.78 is 0. The number of benzene rings is 2. The van der Waals surface area contributed by atoms with Gasteiger partial charge in [0.25, 0.3) is 0 Å². The van der Waals surface area contributed by atoms with E-state index in [4.69, 9.17) is 0 Å². The van der Waals surface area contributed by atoms with Gasteiger partial charge in [0.15, 0.2) is 11.5 Å². The van der Waals surface area contributed by atoms with E-state index in [0.29, 0.717) is 19.3 Å². The number of phenols is 2. The van der Waals surface area contributed by atoms with E-state index in [0.717, 1.165) is 22.3 Å². The predicted octanol–water partition coefficient (Wildman–Crippen LogP) is 2.20. The van der Waals surface area contributed by atoms with Crippen LogP contribution in [0.25, 0.3) is 6.08 Å². The molecule has 5 N–H and O–H groups in total. The van der Waals surface area contributed by atoms with Crippen molar-refractivity contribution in [2.45, 2.75) is 31.5 Å². The van der Waals surface area contributed by atoms with Crippen LogP contribution in [0.4, 0.5) is 0 Å². The first-order valence-corrected chi connectivity index (χ1v) is 8.73. The standard InChI is InChI=1S/C21H24O5/c22-12-17-9-14(11-20(25)21(17)26)8-16-4-2-1-3-15(16)7-13-5-6-18(23)19(24)10-13/h1-6,8,10,17,20-26H,7,9,11-12H2/b14-8+/t17-,20-,21-/m1/s1. The first-order chi connectivity index (χ1) is 12.5. The Balaban J connectivity index is 1.86. The Labute approximate surface area is 152 Å². The van der Waals surface area contributed by atoms with Crippen molar-refractivity contribution in [1.82, 2.24) is 0 Å². The summed E-state index contributed by atoms with van der Waals surface area (Å²) in [5.41, 5.74) is 3.91. The smallest absolute Gasteiger partial charge is 0.157 e. The van der Waals surface area contributed by atoms with Crippen LogP contribution in [-0.4, -0.2) is 44.3 Å². The zero-order valence-electron chi connectivity index (χ0n) is 14.4. The molecule has 3 rings (SSSR count). The van der Waals surface area contributed by atoms with Crippen molar-refractivity contribution in [1.29, 1.82) is 0 Å². The lowest BCUT2D eigenvalue weighted by Crippen LogP contribution is -2.39. The summed E-state index contributed by atoms with van der Waals surface area (Å²) in [5, 5.41) is 48.5. The maximum atomic E-state index is 10.0. The second kappa shape index (κ2) is 7.91. The average Bonchev–Trinajstić information content (AvgIpc) is 2.62. The normalized spacial score (nSPS) is 24.7. The van der Waals surface area contributed by atoms with Gasteiger partial charge in [-0.1, -0.05) is 42.0 Å². The number of aliphatic hydroxyl groups is 3. The first-order valence-electron chi connectivity index (χ1n) is 8.73. The molecule has 5 nitrogen and oxygen atoms in total. The van der Waals surface area contributed by atoms with E-state index >= 15 is 0 Å². The van der Waals surface area contributed by atoms with E-state index < -0.39 is 12.2 Å². The minimum atomic E-state index is -0.896. The molecule has 1 saturated carbocycles. The fourth-order valence-electron chi connectivity index (χ4n) is 3.49. The van der Waals surface area contributed by atoms with E-state index in [1.165, 1.54) is 6.07 Å². The summed E-state index contributed by atoms with van der Waals surface area (Å²) in [6.45, 7) is -0.163. The Morgan fingerprint density at radius 2 is 1.73 bits per heavy atom. The van der Waals surface area contributed by atoms with Gasteiger partial charge in [-0.15, -0.1) is 0 Å². The van der Waals surface area contributed by atoms with Crippen molar-refractivity contribution in [3.63, 3.8) is 0 Å². The SMILES string of the molecule is OC[C@H]1C/C(=C\c2ccccc2Cc2ccc(O)c(O)c2)C[C@@H](O)[C@@H]1O. The molecule has 0 radical (unpaired) electrons. The van der Waals surface area contributed by atoms with Gasteiger partial charge in [-0.2, -0.15) is 0 Å². The van der Waals surface area contributed by atoms with Crippen LogP contribution < -0.4 is 0 Å². The van der Waals surface area contributed by atoms with Gasteiger partial charge in [-0.25, -0.2) is 0 Å². The summed E-state index contributed by atoms with van der Waals surface area (Å²) in [5.74, 6) is -0.645. The van der Waals surface area contributed by atoms with Gasteiger partial charge >= 0.3 is 0 Å². The van der Waals surface area contributed by atoms with Gasteiger partial charge in [0.05, 0.1) is 12.2 Å². The Kier molecular flexibility index (Phi) is 5.61. The van der Waals surface area contributed by atoms with Gasteiger partial charge in [-0.3, -0.25) is 0 Å². The highest BCUT2D eigenvalue weighted by Crippen LogP contribution is 2.32. The molecule has 0 aromatic heterocycles. The number of aromatic hydroxyl groups is 2. The van der Waals surface area contributed by atoms with Crippen molar-refractivity contribution in [2.75, 3.05) is 6.61 Å². The Morgan fingerprint density at radius 3 is 2.46 bits per heavy atom. The van der Waals surface area contributed by atoms with Gasteiger partial charge in [-0.05, 0) is 48.1 Å². The van der Waals surface area contributed by atoms with Gasteiger partial charge in [0, 0.05) is 12.5 Å². The topological polar surface area (TPSA) is 101 Å². The molecule has 1 aliphatic rings. The van der Waals surface area contributed by atoms with Gasteiger partial charge in [0.2, 0.25) is 0 Å². The number of aliphatic hydroxyl groups excluding tert-OH is 3. The van der Waals surface area contributed by atoms with Crippen LogP contribution >= 0.6 is 0 Å². The maximum absolute atomic E-state index is 10.0. The molecular weight excluding hydrogens is 332 g/mol. The largest absolute Gasteiger partial charge is 0.504 e. The Morgan fingerprint density at radius 1 is 0.962 bits per heavy atom. The quantitative estimate of drug-likeness (QED) is 0.541. The fraction of sp³-hybridized carbons (Fsp3) is 0.333. The molecule has 0 amide bonds. The summed E-state index contributed by atoms with van der Waals surface area (Å²) in [7, 11) is 0. The van der Waals surface area contributed by atoms with E-state index in [-0.39, 0.29) is 24.0 Å². The molecule has 1 fully saturated rings. The lowest BCUT2D eigenvalue weighted by molar-refractivity contribution is -0.0448. The van der Waals surface area contributed by atoms with E-state index in [1.807, 2.05) is 30.3 Å². The molecule has 0 aliphatic heterocycles. The molecule has 2 aromatic rings. The molecule has 0 unspecified atom stereocenters. The molecule has 0 bridgehead atoms. The lowest BCUT2D eigenvalue weighted by atomic mass is 9.80. The van der Waals surface area contributed by atoms with Gasteiger partial charge < -0.3 is 25.5 Å². The Hall–Kier alpha value is -2.34. The molecular formula is C21H24O5. The maximum Gasteiger partial charge on any atom is 0.157 e. The predicted molar refractivity (Wildman–Crippen MR) is 98.8 cm³/mol. The van der Waals surface area contributed by atoms with Crippen LogP contribution in [0.1, 0.15) is 29.5 Å². The molecule has 0 saturated heterocycles. The van der Waals surface area contributed by atoms with Crippen LogP contribution in [-0.2, 0) is 6.42 Å². The fourth-order valence-corrected chi connectivity index (χ4v) is 3.49. The minimum absolute atomic E-state index is 0.144. The molecule has 138 valence electrons. The third-order valence-corrected chi connectivity index (χ3v) is 4.96. The van der Waals surface area contributed by atoms with Crippen molar-refractivity contribution < 1.29 is 25.5 Å². The second-order valence-electron chi connectivity index (χ2n) is 6.91. The van der Waals surface area contributed by atoms with Gasteiger partial charge in [0.1, 0.15) is 0 Å². The van der Waals surface area contributed by atoms with Crippen molar-refractivity contribution in [3.05, 3.63) is 64.7 Å². The van der Waals surface area contributed by atoms with Crippen molar-refractivity contribution in [2.24, 2.45) is 5.92 Å². The molecule has 2 aromatic carbocycles. The summed E-state index contributed by atoms with van der Waals surface area (Å²) >= 11 is 0. The minimum Gasteiger partial charge on any atom is -0.504 e. The Bertz CT molecular complexity index is 799. The van der Waals surface area contributed by atoms with Crippen LogP contribution in [0.5, 0.6) is 11.5 Å². The van der Waals surface area contributed by atoms with Crippen LogP contribution in [0.2, 0.25) is 0 Å². The highest BCUT2D eigenvalue weighted by Gasteiger charge is 2.32. The molecule has 0 heterocycles. The summed E-state index contributed by atoms with van der Waals surface area (Å²) in [6.07, 6.45) is 1.76. The first kappa shape index (κ1) is 18.5. The second-order valence-corrected chi connectivity index (χ2v) is 6.91. The monoisotopic (exact) mass is 356 g/mol. The molecule has 26 heavy (non-hydrogen) atoms. The van der Waals surface area contributed by atoms with Crippen LogP contribution in [0.3, 0.4) is 0 Å². The van der Waals surface area contributed by atoms with E-state index in [1.54, 1.807) is 12.1 Å². The summed E-state index contributed by atoms with van der Waals surface area (Å²) in [4.78, 5) is 0. The molecule has 1 aliphatic carbocycles. The molecule has 0 spiro atoms. The number of phenolic OH excluding ortho intramolecular Hbond substituents is 2. The third kappa shape index (κ3) is 4.07. The number of rotatable bonds is 4. The van der Waals surface area contributed by atoms with E-state index in [2.05, 4.69) is 0 Å². The zero-order valence-corrected chi connectivity index (χ0v) is 14.4. The molecule has 5 heteroatoms. The van der Waals surface area contributed by atoms with E-state index in [9.17, 15) is 25.5 Å². The van der Waals surface area contributed by atoms with Crippen LogP contribution in [0.15, 0.2) is 48.0 Å². The third-order valence-electron chi connectivity index (χ3n) is 4.96. The van der Waals surface area contributed by atoms with Crippen molar-refractivity contribution >= 4 is 6.08 Å². The zero-order chi connectivity index (χ0) is 18.7. The highest BCUT2D eigenvalue weighted by molar-refractivity contribution is 5.58. The average molecular weight is 356 g/mol. The van der Waals surface area contributed by atoms with Crippen LogP contribution in [0, 0.1) is 5.92 Å². The highest BCUT2D eigenvalue weighted by atomic mass is 16.3. The summed E-state index contributed by atoms with van der Waals surface area (Å²) in [6, 6.07) is 12.6. The number of hydrogen-bond donors (Lipinski definition) is 5. The lowest BCUT2D eigenvalue weighted by Gasteiger charge is -2.32. The number of hydrogen-bond acceptors (Lipinski definition) is 5. The van der Waals surface area contributed by atoms with Crippen molar-refractivity contribution in [3.8, 4) is 11.5 Å². The molecule has 3 atom stereocenters.